The second-order valence-corrected chi connectivity index (χ2v) is 4.12. The van der Waals surface area contributed by atoms with E-state index in [0.29, 0.717) is 6.07 Å². The van der Waals surface area contributed by atoms with Gasteiger partial charge in [-0.05, 0) is 11.6 Å². The van der Waals surface area contributed by atoms with Gasteiger partial charge in [0.15, 0.2) is 23.3 Å². The van der Waals surface area contributed by atoms with E-state index >= 15 is 0 Å². The number of hydrogen-bond acceptors (Lipinski definition) is 0. The Hall–Kier alpha value is -1.26. The number of alkyl halides is 2. The van der Waals surface area contributed by atoms with E-state index in [-0.39, 0.29) is 16.5 Å². The third-order valence-electron chi connectivity index (χ3n) is 2.19. The maximum Gasteiger partial charge on any atom is 0.198 e. The average molecular weight is 311 g/mol. The van der Waals surface area contributed by atoms with Crippen LogP contribution in [0, 0.1) is 23.3 Å². The van der Waals surface area contributed by atoms with E-state index in [0.717, 1.165) is 0 Å². The lowest BCUT2D eigenvalue weighted by Crippen LogP contribution is -1.98. The van der Waals surface area contributed by atoms with E-state index in [1.165, 1.54) is 12.1 Å². The van der Waals surface area contributed by atoms with Crippen molar-refractivity contribution in [3.63, 3.8) is 0 Å². The zero-order chi connectivity index (χ0) is 14.4. The molecule has 0 nitrogen and oxygen atoms in total. The van der Waals surface area contributed by atoms with Crippen LogP contribution in [0.25, 0.3) is 11.1 Å². The van der Waals surface area contributed by atoms with Gasteiger partial charge in [0.1, 0.15) is 0 Å². The standard InChI is InChI=1S/C12H6F4.CH2Cl2/c13-9-6-8(7-4-2-1-3-5-7)10(14)12(16)11(9)15;2-1-3/h1-6H;1H2. The van der Waals surface area contributed by atoms with E-state index in [1.54, 1.807) is 18.2 Å². The SMILES string of the molecule is ClCCl.Fc1cc(-c2ccccc2)c(F)c(F)c1F. The molecule has 102 valence electrons. The third kappa shape index (κ3) is 3.85. The molecule has 0 amide bonds. The summed E-state index contributed by atoms with van der Waals surface area (Å²) in [6.45, 7) is 0. The Morgan fingerprint density at radius 2 is 1.32 bits per heavy atom. The Kier molecular flexibility index (Phi) is 6.12. The molecule has 0 heterocycles. The fraction of sp³-hybridized carbons (Fsp3) is 0.0769. The van der Waals surface area contributed by atoms with Crippen molar-refractivity contribution < 1.29 is 17.6 Å². The summed E-state index contributed by atoms with van der Waals surface area (Å²) < 4.78 is 51.9. The van der Waals surface area contributed by atoms with Crippen LogP contribution in [0.5, 0.6) is 0 Å². The molecule has 0 saturated heterocycles. The van der Waals surface area contributed by atoms with Gasteiger partial charge in [0.2, 0.25) is 0 Å². The highest BCUT2D eigenvalue weighted by Crippen LogP contribution is 2.27. The van der Waals surface area contributed by atoms with E-state index in [1.807, 2.05) is 0 Å². The zero-order valence-corrected chi connectivity index (χ0v) is 11.0. The molecule has 2 aromatic carbocycles. The lowest BCUT2D eigenvalue weighted by molar-refractivity contribution is 0.411. The molecule has 0 aliphatic heterocycles. The summed E-state index contributed by atoms with van der Waals surface area (Å²) in [5.41, 5.74) is -0.00481. The molecule has 2 aromatic rings. The molecule has 0 radical (unpaired) electrons. The van der Waals surface area contributed by atoms with Crippen molar-refractivity contribution in [2.45, 2.75) is 0 Å². The van der Waals surface area contributed by atoms with Crippen LogP contribution in [0.1, 0.15) is 0 Å². The van der Waals surface area contributed by atoms with Crippen LogP contribution < -0.4 is 0 Å². The lowest BCUT2D eigenvalue weighted by atomic mass is 10.0. The molecule has 0 spiro atoms. The summed E-state index contributed by atoms with van der Waals surface area (Å²) in [6.07, 6.45) is 0. The molecule has 19 heavy (non-hydrogen) atoms. The molecule has 0 N–H and O–H groups in total. The van der Waals surface area contributed by atoms with Crippen molar-refractivity contribution in [1.29, 1.82) is 0 Å². The van der Waals surface area contributed by atoms with E-state index in [9.17, 15) is 17.6 Å². The number of hydrogen-bond donors (Lipinski definition) is 0. The van der Waals surface area contributed by atoms with Crippen molar-refractivity contribution in [2.75, 3.05) is 5.34 Å². The molecule has 0 aliphatic rings. The first-order chi connectivity index (χ1) is 9.02. The Morgan fingerprint density at radius 1 is 0.789 bits per heavy atom. The summed E-state index contributed by atoms with van der Waals surface area (Å²) in [4.78, 5) is 0. The minimum Gasteiger partial charge on any atom is -0.204 e. The van der Waals surface area contributed by atoms with Crippen molar-refractivity contribution in [3.05, 3.63) is 59.7 Å². The molecular weight excluding hydrogens is 303 g/mol. The van der Waals surface area contributed by atoms with Gasteiger partial charge in [0.05, 0.1) is 5.34 Å². The highest BCUT2D eigenvalue weighted by Gasteiger charge is 2.19. The van der Waals surface area contributed by atoms with Gasteiger partial charge >= 0.3 is 0 Å². The molecule has 0 fully saturated rings. The predicted octanol–water partition coefficient (Wildman–Crippen LogP) is 5.33. The Bertz CT molecular complexity index is 544. The quantitative estimate of drug-likeness (QED) is 0.289. The van der Waals surface area contributed by atoms with Crippen molar-refractivity contribution >= 4 is 23.2 Å². The fourth-order valence-electron chi connectivity index (χ4n) is 1.40. The molecular formula is C13H8Cl2F4. The van der Waals surface area contributed by atoms with E-state index in [4.69, 9.17) is 23.2 Å². The van der Waals surface area contributed by atoms with Gasteiger partial charge < -0.3 is 0 Å². The van der Waals surface area contributed by atoms with Gasteiger partial charge in [0, 0.05) is 5.56 Å². The zero-order valence-electron chi connectivity index (χ0n) is 9.44. The number of rotatable bonds is 1. The molecule has 2 rings (SSSR count). The van der Waals surface area contributed by atoms with Crippen molar-refractivity contribution in [2.24, 2.45) is 0 Å². The van der Waals surface area contributed by atoms with Crippen LogP contribution in [0.15, 0.2) is 36.4 Å². The van der Waals surface area contributed by atoms with E-state index < -0.39 is 23.3 Å². The predicted molar refractivity (Wildman–Crippen MR) is 68.3 cm³/mol. The van der Waals surface area contributed by atoms with Gasteiger partial charge in [-0.2, -0.15) is 0 Å². The maximum absolute atomic E-state index is 13.3. The van der Waals surface area contributed by atoms with Crippen LogP contribution in [-0.4, -0.2) is 5.34 Å². The second kappa shape index (κ2) is 7.36. The molecule has 0 saturated carbocycles. The minimum absolute atomic E-state index is 0.194. The largest absolute Gasteiger partial charge is 0.204 e. The summed E-state index contributed by atoms with van der Waals surface area (Å²) in [5.74, 6) is -6.38. The highest BCUT2D eigenvalue weighted by atomic mass is 35.5. The molecule has 0 atom stereocenters. The average Bonchev–Trinajstić information content (AvgIpc) is 2.42. The first-order valence-corrected chi connectivity index (χ1v) is 6.10. The summed E-state index contributed by atoms with van der Waals surface area (Å²) in [7, 11) is 0. The second-order valence-electron chi connectivity index (χ2n) is 3.31. The molecule has 0 unspecified atom stereocenters. The normalized spacial score (nSPS) is 9.79. The van der Waals surface area contributed by atoms with Crippen molar-refractivity contribution in [1.82, 2.24) is 0 Å². The van der Waals surface area contributed by atoms with Crippen LogP contribution in [0.2, 0.25) is 0 Å². The first-order valence-electron chi connectivity index (χ1n) is 5.03. The van der Waals surface area contributed by atoms with Crippen molar-refractivity contribution in [3.8, 4) is 11.1 Å². The summed E-state index contributed by atoms with van der Waals surface area (Å²) >= 11 is 9.53. The van der Waals surface area contributed by atoms with Gasteiger partial charge in [-0.1, -0.05) is 30.3 Å². The van der Waals surface area contributed by atoms with Crippen LogP contribution in [0.4, 0.5) is 17.6 Å². The fourth-order valence-corrected chi connectivity index (χ4v) is 1.40. The van der Waals surface area contributed by atoms with Crippen LogP contribution >= 0.6 is 23.2 Å². The summed E-state index contributed by atoms with van der Waals surface area (Å²) in [5, 5.41) is 0.194. The van der Waals surface area contributed by atoms with E-state index in [2.05, 4.69) is 0 Å². The Balaban J connectivity index is 0.000000550. The summed E-state index contributed by atoms with van der Waals surface area (Å²) in [6, 6.07) is 8.47. The third-order valence-corrected chi connectivity index (χ3v) is 2.19. The smallest absolute Gasteiger partial charge is 0.198 e. The molecule has 0 aromatic heterocycles. The topological polar surface area (TPSA) is 0 Å². The van der Waals surface area contributed by atoms with Gasteiger partial charge in [0.25, 0.3) is 0 Å². The molecule has 0 bridgehead atoms. The maximum atomic E-state index is 13.3. The number of halogens is 6. The van der Waals surface area contributed by atoms with Gasteiger partial charge in [-0.15, -0.1) is 23.2 Å². The monoisotopic (exact) mass is 310 g/mol. The molecule has 6 heteroatoms. The number of benzene rings is 2. The van der Waals surface area contributed by atoms with Crippen LogP contribution in [-0.2, 0) is 0 Å². The lowest BCUT2D eigenvalue weighted by Gasteiger charge is -2.05. The first kappa shape index (κ1) is 15.8. The Labute approximate surface area is 117 Å². The minimum atomic E-state index is -1.79. The van der Waals surface area contributed by atoms with Crippen LogP contribution in [0.3, 0.4) is 0 Å². The van der Waals surface area contributed by atoms with Gasteiger partial charge in [-0.3, -0.25) is 0 Å². The molecule has 0 aliphatic carbocycles. The highest BCUT2D eigenvalue weighted by molar-refractivity contribution is 6.40. The van der Waals surface area contributed by atoms with Gasteiger partial charge in [-0.25, -0.2) is 17.6 Å². The Morgan fingerprint density at radius 3 is 1.84 bits per heavy atom.